The minimum atomic E-state index is -1.23. The fourth-order valence-electron chi connectivity index (χ4n) is 3.94. The van der Waals surface area contributed by atoms with E-state index in [-0.39, 0.29) is 22.8 Å². The Kier molecular flexibility index (Phi) is 5.70. The van der Waals surface area contributed by atoms with Crippen molar-refractivity contribution in [1.82, 2.24) is 0 Å². The van der Waals surface area contributed by atoms with Crippen LogP contribution < -0.4 is 21.9 Å². The van der Waals surface area contributed by atoms with E-state index in [4.69, 9.17) is 11.6 Å². The van der Waals surface area contributed by atoms with Gasteiger partial charge in [0, 0.05) is 23.1 Å². The Balaban J connectivity index is 0.00000196. The highest BCUT2D eigenvalue weighted by Crippen LogP contribution is 2.38. The molecule has 1 atom stereocenters. The van der Waals surface area contributed by atoms with Crippen LogP contribution in [0.5, 0.6) is 0 Å². The lowest BCUT2D eigenvalue weighted by atomic mass is 10.00. The number of rotatable bonds is 2. The smallest absolute Gasteiger partial charge is 0.275 e. The van der Waals surface area contributed by atoms with Crippen LogP contribution in [0.4, 0.5) is 10.1 Å². The third-order valence-electron chi connectivity index (χ3n) is 5.11. The van der Waals surface area contributed by atoms with Crippen molar-refractivity contribution in [2.24, 2.45) is 0 Å². The summed E-state index contributed by atoms with van der Waals surface area (Å²) in [5.74, 6) is 0.813. The number of hydrogen-bond acceptors (Lipinski definition) is 2. The van der Waals surface area contributed by atoms with Crippen LogP contribution in [0.3, 0.4) is 0 Å². The molecule has 0 spiro atoms. The fourth-order valence-corrected chi connectivity index (χ4v) is 4.12. The van der Waals surface area contributed by atoms with Crippen molar-refractivity contribution in [3.8, 4) is 0 Å². The van der Waals surface area contributed by atoms with Crippen molar-refractivity contribution in [3.05, 3.63) is 64.9 Å². The third-order valence-corrected chi connectivity index (χ3v) is 5.34. The summed E-state index contributed by atoms with van der Waals surface area (Å²) < 4.78 is 15.7. The molecule has 0 aliphatic carbocycles. The van der Waals surface area contributed by atoms with Gasteiger partial charge in [0.05, 0.1) is 6.54 Å². The molecule has 0 amide bonds. The van der Waals surface area contributed by atoms with Crippen molar-refractivity contribution in [3.63, 3.8) is 0 Å². The topological polar surface area (TPSA) is 26.5 Å². The predicted molar refractivity (Wildman–Crippen MR) is 97.7 cm³/mol. The molecule has 0 saturated carbocycles. The molecule has 26 heavy (non-hydrogen) atoms. The van der Waals surface area contributed by atoms with E-state index < -0.39 is 5.72 Å². The summed E-state index contributed by atoms with van der Waals surface area (Å²) in [6.45, 7) is 1.40. The summed E-state index contributed by atoms with van der Waals surface area (Å²) in [6.07, 6.45) is 4.32. The molecule has 6 heteroatoms. The van der Waals surface area contributed by atoms with Crippen LogP contribution in [0.25, 0.3) is 0 Å². The van der Waals surface area contributed by atoms with Gasteiger partial charge in [0.2, 0.25) is 0 Å². The van der Waals surface area contributed by atoms with Crippen LogP contribution in [0.1, 0.15) is 31.2 Å². The van der Waals surface area contributed by atoms with Crippen LogP contribution in [0.2, 0.25) is 5.02 Å². The molecule has 2 heterocycles. The number of anilines is 1. The second-order valence-corrected chi connectivity index (χ2v) is 7.22. The lowest BCUT2D eigenvalue weighted by Gasteiger charge is -2.29. The van der Waals surface area contributed by atoms with Crippen molar-refractivity contribution in [1.29, 1.82) is 0 Å². The Morgan fingerprint density at radius 2 is 1.85 bits per heavy atom. The van der Waals surface area contributed by atoms with Gasteiger partial charge in [0.25, 0.3) is 11.6 Å². The summed E-state index contributed by atoms with van der Waals surface area (Å²) in [5, 5.41) is 12.3. The van der Waals surface area contributed by atoms with Crippen LogP contribution in [0.15, 0.2) is 48.5 Å². The zero-order valence-corrected chi connectivity index (χ0v) is 16.7. The van der Waals surface area contributed by atoms with E-state index in [1.807, 2.05) is 29.2 Å². The number of halogens is 3. The Labute approximate surface area is 168 Å². The standard InChI is InChI=1S/C20H21ClFN2O.BrH/c21-16-5-4-6-18(13-16)24-19-7-2-1-3-12-23(19)14-20(24,25)15-8-10-17(22)11-9-15;/h4-6,8-11,13,25H,1-3,7,12,14H2;1H/q+1;/p-1. The number of amidine groups is 1. The first-order valence-electron chi connectivity index (χ1n) is 8.73. The zero-order valence-electron chi connectivity index (χ0n) is 14.3. The average molecular weight is 440 g/mol. The van der Waals surface area contributed by atoms with Gasteiger partial charge in [-0.2, -0.15) is 4.90 Å². The molecule has 0 bridgehead atoms. The first-order chi connectivity index (χ1) is 12.1. The molecule has 1 N–H and O–H groups in total. The first-order valence-corrected chi connectivity index (χ1v) is 9.11. The molecule has 0 radical (unpaired) electrons. The van der Waals surface area contributed by atoms with Gasteiger partial charge in [-0.3, -0.25) is 4.58 Å². The van der Waals surface area contributed by atoms with Gasteiger partial charge in [-0.1, -0.05) is 17.7 Å². The van der Waals surface area contributed by atoms with E-state index in [1.165, 1.54) is 18.6 Å². The summed E-state index contributed by atoms with van der Waals surface area (Å²) in [4.78, 5) is 1.98. The van der Waals surface area contributed by atoms with Gasteiger partial charge in [0.1, 0.15) is 11.5 Å². The number of benzene rings is 2. The molecule has 0 fully saturated rings. The molecule has 138 valence electrons. The van der Waals surface area contributed by atoms with Crippen molar-refractivity contribution in [2.75, 3.05) is 18.0 Å². The minimum Gasteiger partial charge on any atom is -1.00 e. The third kappa shape index (κ3) is 3.40. The zero-order chi connectivity index (χ0) is 17.4. The van der Waals surface area contributed by atoms with Crippen LogP contribution in [-0.2, 0) is 5.72 Å². The van der Waals surface area contributed by atoms with E-state index in [1.54, 1.807) is 12.1 Å². The lowest BCUT2D eigenvalue weighted by Crippen LogP contribution is -3.00. The maximum atomic E-state index is 13.4. The second kappa shape index (κ2) is 7.67. The molecule has 0 aromatic heterocycles. The highest BCUT2D eigenvalue weighted by Gasteiger charge is 2.54. The van der Waals surface area contributed by atoms with Crippen molar-refractivity contribution in [2.45, 2.75) is 31.4 Å². The molecule has 4 rings (SSSR count). The van der Waals surface area contributed by atoms with E-state index >= 15 is 0 Å². The molecule has 2 aromatic rings. The van der Waals surface area contributed by atoms with E-state index in [0.29, 0.717) is 17.1 Å². The Morgan fingerprint density at radius 1 is 1.08 bits per heavy atom. The fraction of sp³-hybridized carbons (Fsp3) is 0.350. The van der Waals surface area contributed by atoms with Crippen molar-refractivity contribution >= 4 is 23.1 Å². The molecule has 3 nitrogen and oxygen atoms in total. The highest BCUT2D eigenvalue weighted by atomic mass is 79.9. The average Bonchev–Trinajstić information content (AvgIpc) is 2.72. The number of aliphatic hydroxyl groups is 1. The second-order valence-electron chi connectivity index (χ2n) is 6.79. The van der Waals surface area contributed by atoms with Crippen LogP contribution >= 0.6 is 11.6 Å². The summed E-state index contributed by atoms with van der Waals surface area (Å²) in [7, 11) is 0. The van der Waals surface area contributed by atoms with Crippen LogP contribution in [-0.4, -0.2) is 28.6 Å². The molecular formula is C20H21BrClFN2O. The van der Waals surface area contributed by atoms with Gasteiger partial charge in [-0.15, -0.1) is 0 Å². The summed E-state index contributed by atoms with van der Waals surface area (Å²) >= 11 is 6.21. The molecule has 2 aromatic carbocycles. The first kappa shape index (κ1) is 19.3. The normalized spacial score (nSPS) is 22.7. The van der Waals surface area contributed by atoms with Gasteiger partial charge in [-0.05, 0) is 55.7 Å². The molecule has 2 aliphatic heterocycles. The molecular weight excluding hydrogens is 419 g/mol. The predicted octanol–water partition coefficient (Wildman–Crippen LogP) is 1.13. The quantitative estimate of drug-likeness (QED) is 0.710. The SMILES string of the molecule is OC1(c2ccc(F)cc2)C[N+]2=C(CCCCC2)N1c1cccc(Cl)c1.[Br-]. The van der Waals surface area contributed by atoms with Crippen LogP contribution in [0, 0.1) is 5.82 Å². The summed E-state index contributed by atoms with van der Waals surface area (Å²) in [6, 6.07) is 13.7. The van der Waals surface area contributed by atoms with E-state index in [0.717, 1.165) is 37.3 Å². The molecule has 1 unspecified atom stereocenters. The maximum Gasteiger partial charge on any atom is 0.275 e. The van der Waals surface area contributed by atoms with Gasteiger partial charge >= 0.3 is 0 Å². The maximum absolute atomic E-state index is 13.4. The molecule has 2 aliphatic rings. The number of nitrogens with zero attached hydrogens (tertiary/aromatic N) is 2. The Hall–Kier alpha value is -1.43. The summed E-state index contributed by atoms with van der Waals surface area (Å²) in [5.41, 5.74) is 0.318. The molecule has 0 saturated heterocycles. The Morgan fingerprint density at radius 3 is 2.58 bits per heavy atom. The minimum absolute atomic E-state index is 0. The Bertz CT molecular complexity index is 827. The van der Waals surface area contributed by atoms with Crippen molar-refractivity contribution < 1.29 is 31.1 Å². The highest BCUT2D eigenvalue weighted by molar-refractivity contribution is 6.30. The van der Waals surface area contributed by atoms with Gasteiger partial charge < -0.3 is 22.1 Å². The van der Waals surface area contributed by atoms with Gasteiger partial charge in [-0.25, -0.2) is 4.39 Å². The van der Waals surface area contributed by atoms with E-state index in [2.05, 4.69) is 4.58 Å². The lowest BCUT2D eigenvalue weighted by molar-refractivity contribution is -0.534. The number of hydrogen-bond donors (Lipinski definition) is 1. The monoisotopic (exact) mass is 438 g/mol. The van der Waals surface area contributed by atoms with Gasteiger partial charge in [0.15, 0.2) is 6.54 Å². The largest absolute Gasteiger partial charge is 1.00 e. The van der Waals surface area contributed by atoms with E-state index in [9.17, 15) is 9.50 Å².